The quantitative estimate of drug-likeness (QED) is 0.445. The minimum absolute atomic E-state index is 0.107. The third-order valence-corrected chi connectivity index (χ3v) is 5.48. The molecular formula is C22H27FN8O. The first-order valence-corrected chi connectivity index (χ1v) is 10.7. The maximum absolute atomic E-state index is 13.1. The number of nitrogens with zero attached hydrogens (tertiary/aromatic N) is 6. The molecule has 1 aliphatic heterocycles. The van der Waals surface area contributed by atoms with Crippen molar-refractivity contribution in [3.8, 4) is 0 Å². The molecule has 0 spiro atoms. The molecule has 0 aliphatic carbocycles. The molecule has 4 rings (SSSR count). The minimum atomic E-state index is -0.241. The van der Waals surface area contributed by atoms with Crippen molar-refractivity contribution in [2.24, 2.45) is 4.99 Å². The van der Waals surface area contributed by atoms with Crippen LogP contribution in [0.25, 0.3) is 5.65 Å². The summed E-state index contributed by atoms with van der Waals surface area (Å²) < 4.78 is 15.0. The van der Waals surface area contributed by atoms with E-state index in [1.807, 2.05) is 33.7 Å². The normalized spacial score (nSPS) is 14.6. The maximum Gasteiger partial charge on any atom is 0.224 e. The van der Waals surface area contributed by atoms with Gasteiger partial charge in [0.05, 0.1) is 6.54 Å². The van der Waals surface area contributed by atoms with Gasteiger partial charge in [0.2, 0.25) is 5.91 Å². The molecule has 0 saturated carbocycles. The molecule has 168 valence electrons. The number of piperazine rings is 1. The first-order chi connectivity index (χ1) is 15.6. The summed E-state index contributed by atoms with van der Waals surface area (Å²) in [6, 6.07) is 12.2. The third-order valence-electron chi connectivity index (χ3n) is 5.48. The van der Waals surface area contributed by atoms with Gasteiger partial charge in [-0.2, -0.15) is 0 Å². The number of nitrogens with one attached hydrogen (secondary N) is 2. The Bertz CT molecular complexity index is 1070. The van der Waals surface area contributed by atoms with Gasteiger partial charge in [-0.05, 0) is 36.4 Å². The lowest BCUT2D eigenvalue weighted by atomic mass is 10.2. The van der Waals surface area contributed by atoms with Crippen LogP contribution < -0.4 is 15.5 Å². The van der Waals surface area contributed by atoms with Crippen LogP contribution in [0.4, 0.5) is 10.1 Å². The van der Waals surface area contributed by atoms with E-state index in [0.717, 1.165) is 30.2 Å². The molecule has 1 aromatic carbocycles. The highest BCUT2D eigenvalue weighted by atomic mass is 19.1. The number of benzene rings is 1. The van der Waals surface area contributed by atoms with Crippen molar-refractivity contribution in [2.45, 2.75) is 13.0 Å². The molecule has 1 fully saturated rings. The molecular weight excluding hydrogens is 411 g/mol. The van der Waals surface area contributed by atoms with Crippen molar-refractivity contribution in [1.82, 2.24) is 30.1 Å². The molecule has 0 bridgehead atoms. The zero-order valence-electron chi connectivity index (χ0n) is 18.0. The molecule has 2 aromatic heterocycles. The zero-order chi connectivity index (χ0) is 22.3. The molecule has 1 saturated heterocycles. The molecule has 1 aliphatic rings. The molecule has 10 heteroatoms. The second kappa shape index (κ2) is 10.1. The fourth-order valence-electron chi connectivity index (χ4n) is 3.71. The van der Waals surface area contributed by atoms with Gasteiger partial charge in [0.1, 0.15) is 5.82 Å². The van der Waals surface area contributed by atoms with Crippen LogP contribution in [0.5, 0.6) is 0 Å². The standard InChI is InChI=1S/C22H27FN8O/c1-24-22(26-16-20-28-27-19-4-2-3-11-31(19)20)25-10-9-21(32)30-14-12-29(13-15-30)18-7-5-17(23)6-8-18/h2-8,11H,9-10,12-16H2,1H3,(H2,24,25,26). The number of halogens is 1. The predicted octanol–water partition coefficient (Wildman–Crippen LogP) is 1.27. The number of aromatic nitrogens is 3. The van der Waals surface area contributed by atoms with Crippen molar-refractivity contribution in [3.63, 3.8) is 0 Å². The van der Waals surface area contributed by atoms with E-state index in [-0.39, 0.29) is 11.7 Å². The topological polar surface area (TPSA) is 90.2 Å². The molecule has 1 amide bonds. The van der Waals surface area contributed by atoms with Gasteiger partial charge in [-0.15, -0.1) is 10.2 Å². The Morgan fingerprint density at radius 1 is 1.06 bits per heavy atom. The van der Waals surface area contributed by atoms with E-state index in [1.54, 1.807) is 19.2 Å². The predicted molar refractivity (Wildman–Crippen MR) is 121 cm³/mol. The lowest BCUT2D eigenvalue weighted by Crippen LogP contribution is -2.49. The summed E-state index contributed by atoms with van der Waals surface area (Å²) in [5.41, 5.74) is 1.77. The zero-order valence-corrected chi connectivity index (χ0v) is 18.0. The van der Waals surface area contributed by atoms with Crippen LogP contribution in [0.2, 0.25) is 0 Å². The highest BCUT2D eigenvalue weighted by molar-refractivity contribution is 5.81. The van der Waals surface area contributed by atoms with Crippen molar-refractivity contribution in [2.75, 3.05) is 44.7 Å². The number of rotatable bonds is 6. The number of pyridine rings is 1. The summed E-state index contributed by atoms with van der Waals surface area (Å²) in [5, 5.41) is 14.7. The largest absolute Gasteiger partial charge is 0.368 e. The molecule has 2 N–H and O–H groups in total. The van der Waals surface area contributed by atoms with Crippen molar-refractivity contribution < 1.29 is 9.18 Å². The monoisotopic (exact) mass is 438 g/mol. The maximum atomic E-state index is 13.1. The lowest BCUT2D eigenvalue weighted by molar-refractivity contribution is -0.131. The Kier molecular flexibility index (Phi) is 6.78. The summed E-state index contributed by atoms with van der Waals surface area (Å²) in [7, 11) is 1.69. The van der Waals surface area contributed by atoms with Gasteiger partial charge in [0.25, 0.3) is 0 Å². The Hall–Kier alpha value is -3.69. The number of guanidine groups is 1. The van der Waals surface area contributed by atoms with Gasteiger partial charge in [-0.1, -0.05) is 6.07 Å². The van der Waals surface area contributed by atoms with E-state index in [2.05, 4.69) is 30.7 Å². The lowest BCUT2D eigenvalue weighted by Gasteiger charge is -2.36. The van der Waals surface area contributed by atoms with Gasteiger partial charge in [0, 0.05) is 58.1 Å². The second-order valence-electron chi connectivity index (χ2n) is 7.49. The van der Waals surface area contributed by atoms with Crippen LogP contribution in [-0.2, 0) is 11.3 Å². The van der Waals surface area contributed by atoms with Crippen LogP contribution in [-0.4, -0.2) is 71.1 Å². The van der Waals surface area contributed by atoms with E-state index in [4.69, 9.17) is 0 Å². The van der Waals surface area contributed by atoms with E-state index in [0.29, 0.717) is 38.6 Å². The van der Waals surface area contributed by atoms with Gasteiger partial charge >= 0.3 is 0 Å². The number of hydrogen-bond acceptors (Lipinski definition) is 5. The summed E-state index contributed by atoms with van der Waals surface area (Å²) in [6.45, 7) is 3.73. The van der Waals surface area contributed by atoms with Gasteiger partial charge in [0.15, 0.2) is 17.4 Å². The van der Waals surface area contributed by atoms with Gasteiger partial charge < -0.3 is 20.4 Å². The van der Waals surface area contributed by atoms with Gasteiger partial charge in [-0.3, -0.25) is 14.2 Å². The number of fused-ring (bicyclic) bond motifs is 1. The Morgan fingerprint density at radius 3 is 2.59 bits per heavy atom. The fraction of sp³-hybridized carbons (Fsp3) is 0.364. The van der Waals surface area contributed by atoms with Crippen molar-refractivity contribution >= 4 is 23.2 Å². The number of carbonyl (C=O) groups is 1. The summed E-state index contributed by atoms with van der Waals surface area (Å²) >= 11 is 0. The number of anilines is 1. The highest BCUT2D eigenvalue weighted by Gasteiger charge is 2.21. The SMILES string of the molecule is CN=C(NCCC(=O)N1CCN(c2ccc(F)cc2)CC1)NCc1nnc2ccccn12. The first-order valence-electron chi connectivity index (χ1n) is 10.7. The first kappa shape index (κ1) is 21.5. The van der Waals surface area contributed by atoms with Crippen LogP contribution in [0.15, 0.2) is 53.7 Å². The van der Waals surface area contributed by atoms with E-state index < -0.39 is 0 Å². The minimum Gasteiger partial charge on any atom is -0.368 e. The smallest absolute Gasteiger partial charge is 0.224 e. The van der Waals surface area contributed by atoms with Crippen LogP contribution in [0.3, 0.4) is 0 Å². The fourth-order valence-corrected chi connectivity index (χ4v) is 3.71. The second-order valence-corrected chi connectivity index (χ2v) is 7.49. The summed E-state index contributed by atoms with van der Waals surface area (Å²) in [5.74, 6) is 1.25. The van der Waals surface area contributed by atoms with Crippen molar-refractivity contribution in [1.29, 1.82) is 0 Å². The average molecular weight is 439 g/mol. The Labute approximate surface area is 185 Å². The van der Waals surface area contributed by atoms with Crippen LogP contribution >= 0.6 is 0 Å². The molecule has 0 unspecified atom stereocenters. The molecule has 32 heavy (non-hydrogen) atoms. The van der Waals surface area contributed by atoms with E-state index >= 15 is 0 Å². The highest BCUT2D eigenvalue weighted by Crippen LogP contribution is 2.17. The molecule has 0 radical (unpaired) electrons. The molecule has 9 nitrogen and oxygen atoms in total. The Balaban J connectivity index is 1.19. The third kappa shape index (κ3) is 5.13. The average Bonchev–Trinajstić information content (AvgIpc) is 3.25. The molecule has 3 aromatic rings. The van der Waals surface area contributed by atoms with E-state index in [9.17, 15) is 9.18 Å². The number of aliphatic imine (C=N–C) groups is 1. The molecule has 3 heterocycles. The number of carbonyl (C=O) groups excluding carboxylic acids is 1. The van der Waals surface area contributed by atoms with Crippen molar-refractivity contribution in [3.05, 3.63) is 60.3 Å². The Morgan fingerprint density at radius 2 is 1.84 bits per heavy atom. The number of amides is 1. The van der Waals surface area contributed by atoms with Gasteiger partial charge in [-0.25, -0.2) is 4.39 Å². The number of hydrogen-bond donors (Lipinski definition) is 2. The summed E-state index contributed by atoms with van der Waals surface area (Å²) in [4.78, 5) is 20.8. The van der Waals surface area contributed by atoms with Crippen LogP contribution in [0, 0.1) is 5.82 Å². The summed E-state index contributed by atoms with van der Waals surface area (Å²) in [6.07, 6.45) is 2.29. The van der Waals surface area contributed by atoms with Crippen LogP contribution in [0.1, 0.15) is 12.2 Å². The van der Waals surface area contributed by atoms with E-state index in [1.165, 1.54) is 12.1 Å². The molecule has 0 atom stereocenters.